The number of ether oxygens (including phenoxy) is 1. The quantitative estimate of drug-likeness (QED) is 0.551. The Kier molecular flexibility index (Phi) is 5.29. The van der Waals surface area contributed by atoms with E-state index < -0.39 is 0 Å². The number of hydrogen-bond donors (Lipinski definition) is 0. The summed E-state index contributed by atoms with van der Waals surface area (Å²) >= 11 is 13.2. The molecular weight excluding hydrogens is 375 g/mol. The second-order valence-electron chi connectivity index (χ2n) is 6.96. The number of carbonyl (C=O) groups is 1. The summed E-state index contributed by atoms with van der Waals surface area (Å²) in [5.41, 5.74) is 3.19. The average Bonchev–Trinajstić information content (AvgIpc) is 2.93. The summed E-state index contributed by atoms with van der Waals surface area (Å²) in [6, 6.07) is 10.2. The van der Waals surface area contributed by atoms with Crippen molar-refractivity contribution in [2.75, 3.05) is 0 Å². The van der Waals surface area contributed by atoms with E-state index in [1.54, 1.807) is 17.4 Å². The summed E-state index contributed by atoms with van der Waals surface area (Å²) in [6.07, 6.45) is 1.73. The normalized spacial score (nSPS) is 20.8. The first kappa shape index (κ1) is 18.5. The molecule has 1 heterocycles. The maximum absolute atomic E-state index is 12.5. The van der Waals surface area contributed by atoms with Crippen molar-refractivity contribution in [1.82, 2.24) is 0 Å². The van der Waals surface area contributed by atoms with Crippen LogP contribution in [0.15, 0.2) is 46.3 Å². The fraction of sp³-hybridized carbons (Fsp3) is 0.350. The maximum atomic E-state index is 12.5. The van der Waals surface area contributed by atoms with E-state index in [0.717, 1.165) is 11.1 Å². The molecule has 0 bridgehead atoms. The van der Waals surface area contributed by atoms with Crippen LogP contribution in [-0.2, 0) is 16.1 Å². The molecular formula is C20H20Cl2O2S. The van der Waals surface area contributed by atoms with Crippen molar-refractivity contribution in [1.29, 1.82) is 0 Å². The lowest BCUT2D eigenvalue weighted by molar-refractivity contribution is -0.147. The van der Waals surface area contributed by atoms with Crippen LogP contribution in [0.2, 0.25) is 0 Å². The summed E-state index contributed by atoms with van der Waals surface area (Å²) < 4.78 is 5.80. The third kappa shape index (κ3) is 3.79. The third-order valence-electron chi connectivity index (χ3n) is 5.07. The Hall–Kier alpha value is -1.29. The summed E-state index contributed by atoms with van der Waals surface area (Å²) in [7, 11) is 0. The van der Waals surface area contributed by atoms with Crippen molar-refractivity contribution < 1.29 is 9.53 Å². The van der Waals surface area contributed by atoms with E-state index in [2.05, 4.69) is 24.4 Å². The summed E-state index contributed by atoms with van der Waals surface area (Å²) in [6.45, 7) is 6.40. The number of thiophene rings is 1. The number of benzene rings is 1. The molecule has 1 saturated carbocycles. The topological polar surface area (TPSA) is 26.3 Å². The fourth-order valence-electron chi connectivity index (χ4n) is 3.35. The predicted octanol–water partition coefficient (Wildman–Crippen LogP) is 6.36. The van der Waals surface area contributed by atoms with E-state index in [-0.39, 0.29) is 34.3 Å². The highest BCUT2D eigenvalue weighted by molar-refractivity contribution is 7.13. The molecule has 1 aromatic carbocycles. The van der Waals surface area contributed by atoms with Crippen LogP contribution in [0.25, 0.3) is 10.4 Å². The highest BCUT2D eigenvalue weighted by Gasteiger charge is 2.61. The molecule has 3 rings (SSSR count). The number of hydrogen-bond acceptors (Lipinski definition) is 3. The summed E-state index contributed by atoms with van der Waals surface area (Å²) in [5, 5.41) is 2.06. The van der Waals surface area contributed by atoms with Gasteiger partial charge in [-0.3, -0.25) is 4.79 Å². The molecule has 0 saturated heterocycles. The predicted molar refractivity (Wildman–Crippen MR) is 105 cm³/mol. The van der Waals surface area contributed by atoms with Crippen LogP contribution in [0.1, 0.15) is 25.0 Å². The van der Waals surface area contributed by atoms with Gasteiger partial charge in [0.2, 0.25) is 0 Å². The van der Waals surface area contributed by atoms with Crippen molar-refractivity contribution in [2.24, 2.45) is 17.3 Å². The number of esters is 1. The largest absolute Gasteiger partial charge is 0.461 e. The number of allylic oxidation sites excluding steroid dienone is 1. The maximum Gasteiger partial charge on any atom is 0.310 e. The SMILES string of the molecule is Cc1c(COC(=O)[C@@H]2C(C=C(Cl)Cl)C2(C)C)cccc1-c1cccs1. The Balaban J connectivity index is 1.70. The lowest BCUT2D eigenvalue weighted by Gasteiger charge is -2.11. The Morgan fingerprint density at radius 2 is 2.04 bits per heavy atom. The van der Waals surface area contributed by atoms with E-state index in [1.807, 2.05) is 32.0 Å². The van der Waals surface area contributed by atoms with Gasteiger partial charge >= 0.3 is 5.97 Å². The first-order valence-electron chi connectivity index (χ1n) is 8.14. The van der Waals surface area contributed by atoms with Crippen molar-refractivity contribution in [3.63, 3.8) is 0 Å². The second kappa shape index (κ2) is 7.14. The molecule has 2 atom stereocenters. The molecule has 5 heteroatoms. The molecule has 0 aliphatic heterocycles. The molecule has 1 aliphatic rings. The highest BCUT2D eigenvalue weighted by Crippen LogP contribution is 2.60. The molecule has 25 heavy (non-hydrogen) atoms. The number of carbonyl (C=O) groups excluding carboxylic acids is 1. The molecule has 132 valence electrons. The van der Waals surface area contributed by atoms with Gasteiger partial charge in [0.1, 0.15) is 11.1 Å². The van der Waals surface area contributed by atoms with Gasteiger partial charge in [-0.2, -0.15) is 0 Å². The molecule has 2 nitrogen and oxygen atoms in total. The van der Waals surface area contributed by atoms with Gasteiger partial charge in [0, 0.05) is 4.88 Å². The second-order valence-corrected chi connectivity index (χ2v) is 8.91. The number of rotatable bonds is 5. The Bertz CT molecular complexity index is 805. The van der Waals surface area contributed by atoms with Gasteiger partial charge in [0.25, 0.3) is 0 Å². The first-order chi connectivity index (χ1) is 11.8. The van der Waals surface area contributed by atoms with Crippen LogP contribution < -0.4 is 0 Å². The van der Waals surface area contributed by atoms with Gasteiger partial charge < -0.3 is 4.74 Å². The minimum absolute atomic E-state index is 0.0311. The van der Waals surface area contributed by atoms with Crippen LogP contribution in [0, 0.1) is 24.2 Å². The zero-order valence-electron chi connectivity index (χ0n) is 14.4. The number of halogens is 2. The standard InChI is InChI=1S/C20H20Cl2O2S/c1-12-13(6-4-7-14(12)16-8-5-9-25-16)11-24-19(23)18-15(10-17(21)22)20(18,2)3/h4-10,15,18H,11H2,1-3H3/t15?,18-/m0/s1. The molecule has 0 radical (unpaired) electrons. The van der Waals surface area contributed by atoms with Crippen molar-refractivity contribution >= 4 is 40.5 Å². The smallest absolute Gasteiger partial charge is 0.310 e. The minimum Gasteiger partial charge on any atom is -0.461 e. The summed E-state index contributed by atoms with van der Waals surface area (Å²) in [4.78, 5) is 13.7. The van der Waals surface area contributed by atoms with Crippen LogP contribution in [0.4, 0.5) is 0 Å². The van der Waals surface area contributed by atoms with E-state index in [1.165, 1.54) is 10.4 Å². The fourth-order valence-corrected chi connectivity index (χ4v) is 4.43. The van der Waals surface area contributed by atoms with E-state index in [4.69, 9.17) is 27.9 Å². The molecule has 0 amide bonds. The molecule has 2 aromatic rings. The van der Waals surface area contributed by atoms with Gasteiger partial charge in [-0.1, -0.05) is 61.3 Å². The lowest BCUT2D eigenvalue weighted by atomic mass is 10.0. The Morgan fingerprint density at radius 1 is 1.28 bits per heavy atom. The third-order valence-corrected chi connectivity index (χ3v) is 6.23. The van der Waals surface area contributed by atoms with Crippen LogP contribution in [-0.4, -0.2) is 5.97 Å². The van der Waals surface area contributed by atoms with E-state index in [0.29, 0.717) is 0 Å². The molecule has 0 spiro atoms. The molecule has 1 aliphatic carbocycles. The monoisotopic (exact) mass is 394 g/mol. The van der Waals surface area contributed by atoms with Gasteiger partial charge in [-0.05, 0) is 52.5 Å². The lowest BCUT2D eigenvalue weighted by Crippen LogP contribution is -2.11. The summed E-state index contributed by atoms with van der Waals surface area (Å²) in [5.74, 6) is -0.355. The van der Waals surface area contributed by atoms with Crippen LogP contribution in [0.5, 0.6) is 0 Å². The van der Waals surface area contributed by atoms with Crippen LogP contribution in [0.3, 0.4) is 0 Å². The highest BCUT2D eigenvalue weighted by atomic mass is 35.5. The molecule has 1 aromatic heterocycles. The van der Waals surface area contributed by atoms with E-state index >= 15 is 0 Å². The molecule has 1 unspecified atom stereocenters. The van der Waals surface area contributed by atoms with Crippen LogP contribution >= 0.6 is 34.5 Å². The minimum atomic E-state index is -0.194. The van der Waals surface area contributed by atoms with Gasteiger partial charge in [0.05, 0.1) is 5.92 Å². The van der Waals surface area contributed by atoms with Crippen molar-refractivity contribution in [2.45, 2.75) is 27.4 Å². The Labute approximate surface area is 162 Å². The van der Waals surface area contributed by atoms with E-state index in [9.17, 15) is 4.79 Å². The zero-order chi connectivity index (χ0) is 18.2. The van der Waals surface area contributed by atoms with Crippen molar-refractivity contribution in [3.8, 4) is 10.4 Å². The van der Waals surface area contributed by atoms with Gasteiger partial charge in [-0.25, -0.2) is 0 Å². The Morgan fingerprint density at radius 3 is 2.68 bits per heavy atom. The first-order valence-corrected chi connectivity index (χ1v) is 9.77. The molecule has 0 N–H and O–H groups in total. The average molecular weight is 395 g/mol. The van der Waals surface area contributed by atoms with Crippen molar-refractivity contribution in [3.05, 3.63) is 57.4 Å². The van der Waals surface area contributed by atoms with Gasteiger partial charge in [0.15, 0.2) is 0 Å². The molecule has 1 fully saturated rings. The zero-order valence-corrected chi connectivity index (χ0v) is 16.7. The van der Waals surface area contributed by atoms with Gasteiger partial charge in [-0.15, -0.1) is 11.3 Å².